The van der Waals surface area contributed by atoms with Gasteiger partial charge in [-0.15, -0.1) is 0 Å². The van der Waals surface area contributed by atoms with Crippen molar-refractivity contribution in [1.82, 2.24) is 9.21 Å². The minimum atomic E-state index is -3.24. The molecule has 0 N–H and O–H groups in total. The fourth-order valence-electron chi connectivity index (χ4n) is 5.04. The summed E-state index contributed by atoms with van der Waals surface area (Å²) in [5, 5.41) is 0. The third-order valence-electron chi connectivity index (χ3n) is 6.65. The summed E-state index contributed by atoms with van der Waals surface area (Å²) in [4.78, 5) is 14.9. The van der Waals surface area contributed by atoms with Gasteiger partial charge in [-0.3, -0.25) is 9.69 Å². The fourth-order valence-corrected chi connectivity index (χ4v) is 6.54. The molecule has 9 heteroatoms. The van der Waals surface area contributed by atoms with Crippen molar-refractivity contribution in [2.75, 3.05) is 31.9 Å². The number of halogens is 3. The maximum absolute atomic E-state index is 14.0. The molecule has 174 valence electrons. The molecule has 1 aromatic rings. The lowest BCUT2D eigenvalue weighted by molar-refractivity contribution is 0.0165. The van der Waals surface area contributed by atoms with Gasteiger partial charge < -0.3 is 0 Å². The van der Waals surface area contributed by atoms with Crippen LogP contribution in [-0.4, -0.2) is 60.9 Å². The number of benzene rings is 1. The molecule has 1 saturated carbocycles. The first-order chi connectivity index (χ1) is 14.7. The van der Waals surface area contributed by atoms with Gasteiger partial charge in [0.1, 0.15) is 17.5 Å². The number of Topliss-reactive ketones (excluding diaryl/α,β-unsaturated/α-hetero) is 1. The zero-order chi connectivity index (χ0) is 22.6. The van der Waals surface area contributed by atoms with E-state index in [4.69, 9.17) is 0 Å². The highest BCUT2D eigenvalue weighted by atomic mass is 32.2. The highest BCUT2D eigenvalue weighted by Gasteiger charge is 2.41. The van der Waals surface area contributed by atoms with Crippen LogP contribution in [0.3, 0.4) is 0 Å². The van der Waals surface area contributed by atoms with Gasteiger partial charge in [-0.25, -0.2) is 21.6 Å². The van der Waals surface area contributed by atoms with Gasteiger partial charge in [0.05, 0.1) is 11.3 Å². The highest BCUT2D eigenvalue weighted by molar-refractivity contribution is 7.89. The van der Waals surface area contributed by atoms with Crippen molar-refractivity contribution in [3.05, 3.63) is 35.1 Å². The van der Waals surface area contributed by atoms with E-state index in [1.54, 1.807) is 0 Å². The largest absolute Gasteiger partial charge is 0.295 e. The smallest absolute Gasteiger partial charge is 0.214 e. The Morgan fingerprint density at radius 3 is 2.13 bits per heavy atom. The summed E-state index contributed by atoms with van der Waals surface area (Å²) in [6.07, 6.45) is 5.83. The first-order valence-electron chi connectivity index (χ1n) is 11.1. The lowest BCUT2D eigenvalue weighted by Crippen LogP contribution is -2.58. The molecule has 1 aliphatic carbocycles. The summed E-state index contributed by atoms with van der Waals surface area (Å²) in [6.45, 7) is 3.83. The van der Waals surface area contributed by atoms with Crippen LogP contribution < -0.4 is 0 Å². The first-order valence-corrected chi connectivity index (χ1v) is 12.7. The molecule has 0 atom stereocenters. The van der Waals surface area contributed by atoms with Crippen LogP contribution in [0.1, 0.15) is 68.6 Å². The second-order valence-electron chi connectivity index (χ2n) is 8.65. The molecule has 2 aliphatic rings. The predicted octanol–water partition coefficient (Wildman–Crippen LogP) is 4.13. The zero-order valence-electron chi connectivity index (χ0n) is 18.0. The first kappa shape index (κ1) is 24.2. The molecule has 2 fully saturated rings. The van der Waals surface area contributed by atoms with Crippen molar-refractivity contribution in [2.24, 2.45) is 0 Å². The molecule has 1 aliphatic heterocycles. The van der Waals surface area contributed by atoms with E-state index in [1.807, 2.05) is 6.92 Å². The number of carbonyl (C=O) groups excluding carboxylic acids is 1. The number of nitrogens with zero attached hydrogens (tertiary/aromatic N) is 2. The third-order valence-corrected chi connectivity index (χ3v) is 8.73. The van der Waals surface area contributed by atoms with Gasteiger partial charge in [0.15, 0.2) is 5.78 Å². The van der Waals surface area contributed by atoms with Crippen LogP contribution >= 0.6 is 0 Å². The standard InChI is InChI=1S/C22H31F3N2O3S/c1-2-14-31(29,30)27-12-10-26(11-13-27)22(7-4-3-5-8-22)9-6-20(28)21-18(24)15-17(23)16-19(21)25/h15-16H,2-14H2,1H3. The Labute approximate surface area is 182 Å². The van der Waals surface area contributed by atoms with Crippen molar-refractivity contribution in [3.63, 3.8) is 0 Å². The van der Waals surface area contributed by atoms with Gasteiger partial charge in [0.25, 0.3) is 0 Å². The van der Waals surface area contributed by atoms with Crippen LogP contribution in [0.25, 0.3) is 0 Å². The van der Waals surface area contributed by atoms with Gasteiger partial charge in [0.2, 0.25) is 10.0 Å². The van der Waals surface area contributed by atoms with Crippen LogP contribution in [0.5, 0.6) is 0 Å². The Balaban J connectivity index is 1.70. The topological polar surface area (TPSA) is 57.7 Å². The second-order valence-corrected chi connectivity index (χ2v) is 10.7. The minimum absolute atomic E-state index is 0.0339. The highest BCUT2D eigenvalue weighted by Crippen LogP contribution is 2.38. The molecule has 1 heterocycles. The summed E-state index contributed by atoms with van der Waals surface area (Å²) < 4.78 is 67.5. The number of sulfonamides is 1. The van der Waals surface area contributed by atoms with Crippen LogP contribution in [0.4, 0.5) is 13.2 Å². The number of carbonyl (C=O) groups is 1. The number of hydrogen-bond acceptors (Lipinski definition) is 4. The van der Waals surface area contributed by atoms with E-state index in [-0.39, 0.29) is 17.7 Å². The Kier molecular flexibility index (Phi) is 7.81. The summed E-state index contributed by atoms with van der Waals surface area (Å²) in [6, 6.07) is 1.06. The Morgan fingerprint density at radius 2 is 1.58 bits per heavy atom. The molecule has 0 amide bonds. The van der Waals surface area contributed by atoms with Gasteiger partial charge in [-0.2, -0.15) is 4.31 Å². The monoisotopic (exact) mass is 460 g/mol. The number of rotatable bonds is 8. The number of piperazine rings is 1. The summed E-state index contributed by atoms with van der Waals surface area (Å²) in [5.74, 6) is -3.92. The molecule has 1 aromatic carbocycles. The molecule has 0 aromatic heterocycles. The van der Waals surface area contributed by atoms with Crippen LogP contribution in [-0.2, 0) is 10.0 Å². The average molecular weight is 461 g/mol. The van der Waals surface area contributed by atoms with Crippen molar-refractivity contribution in [2.45, 2.75) is 63.8 Å². The maximum atomic E-state index is 14.0. The lowest BCUT2D eigenvalue weighted by Gasteiger charge is -2.50. The van der Waals surface area contributed by atoms with E-state index < -0.39 is 38.8 Å². The molecule has 0 spiro atoms. The van der Waals surface area contributed by atoms with Crippen molar-refractivity contribution >= 4 is 15.8 Å². The molecule has 31 heavy (non-hydrogen) atoms. The van der Waals surface area contributed by atoms with Crippen LogP contribution in [0.2, 0.25) is 0 Å². The van der Waals surface area contributed by atoms with Gasteiger partial charge in [0, 0.05) is 50.3 Å². The SMILES string of the molecule is CCCS(=O)(=O)N1CCN(C2(CCC(=O)c3c(F)cc(F)cc3F)CCCCC2)CC1. The lowest BCUT2D eigenvalue weighted by atomic mass is 9.76. The van der Waals surface area contributed by atoms with Crippen LogP contribution in [0.15, 0.2) is 12.1 Å². The van der Waals surface area contributed by atoms with Crippen LogP contribution in [0, 0.1) is 17.5 Å². The van der Waals surface area contributed by atoms with E-state index in [2.05, 4.69) is 4.90 Å². The second kappa shape index (κ2) is 10.0. The fraction of sp³-hybridized carbons (Fsp3) is 0.682. The van der Waals surface area contributed by atoms with Gasteiger partial charge >= 0.3 is 0 Å². The Hall–Kier alpha value is -1.45. The van der Waals surface area contributed by atoms with E-state index in [9.17, 15) is 26.4 Å². The van der Waals surface area contributed by atoms with Gasteiger partial charge in [-0.05, 0) is 25.7 Å². The zero-order valence-corrected chi connectivity index (χ0v) is 18.8. The molecular formula is C22H31F3N2O3S. The van der Waals surface area contributed by atoms with E-state index in [1.165, 1.54) is 4.31 Å². The number of ketones is 1. The number of hydrogen-bond donors (Lipinski definition) is 0. The minimum Gasteiger partial charge on any atom is -0.295 e. The predicted molar refractivity (Wildman–Crippen MR) is 113 cm³/mol. The molecule has 3 rings (SSSR count). The average Bonchev–Trinajstić information content (AvgIpc) is 2.72. The van der Waals surface area contributed by atoms with E-state index in [0.717, 1.165) is 32.1 Å². The van der Waals surface area contributed by atoms with Crippen molar-refractivity contribution in [1.29, 1.82) is 0 Å². The Bertz CT molecular complexity index is 870. The molecule has 0 radical (unpaired) electrons. The molecule has 1 saturated heterocycles. The Morgan fingerprint density at radius 1 is 1.00 bits per heavy atom. The van der Waals surface area contributed by atoms with E-state index >= 15 is 0 Å². The van der Waals surface area contributed by atoms with Gasteiger partial charge in [-0.1, -0.05) is 26.2 Å². The van der Waals surface area contributed by atoms with Crippen molar-refractivity contribution < 1.29 is 26.4 Å². The normalized spacial score (nSPS) is 20.6. The van der Waals surface area contributed by atoms with Crippen molar-refractivity contribution in [3.8, 4) is 0 Å². The molecule has 5 nitrogen and oxygen atoms in total. The summed E-state index contributed by atoms with van der Waals surface area (Å²) >= 11 is 0. The quantitative estimate of drug-likeness (QED) is 0.548. The molecule has 0 bridgehead atoms. The summed E-state index contributed by atoms with van der Waals surface area (Å²) in [7, 11) is -3.24. The van der Waals surface area contributed by atoms with E-state index in [0.29, 0.717) is 51.2 Å². The summed E-state index contributed by atoms with van der Waals surface area (Å²) in [5.41, 5.74) is -0.954. The third kappa shape index (κ3) is 5.49. The maximum Gasteiger partial charge on any atom is 0.214 e. The molecule has 0 unspecified atom stereocenters. The molecular weight excluding hydrogens is 429 g/mol.